The van der Waals surface area contributed by atoms with E-state index in [9.17, 15) is 4.79 Å². The Labute approximate surface area is 176 Å². The molecule has 3 aromatic rings. The second kappa shape index (κ2) is 9.23. The highest BCUT2D eigenvalue weighted by Gasteiger charge is 2.16. The van der Waals surface area contributed by atoms with Crippen molar-refractivity contribution in [2.75, 3.05) is 18.0 Å². The molecular formula is C24H27N3OS. The summed E-state index contributed by atoms with van der Waals surface area (Å²) in [5, 5.41) is 6.30. The maximum absolute atomic E-state index is 12.4. The highest BCUT2D eigenvalue weighted by molar-refractivity contribution is 7.09. The van der Waals surface area contributed by atoms with Crippen LogP contribution in [0.3, 0.4) is 0 Å². The average Bonchev–Trinajstić information content (AvgIpc) is 3.18. The standard InChI is InChI=1S/C24H27N3OS/c1-18-17-29-23(26-18)8-4-5-14-25-24(28)20-9-11-22(12-10-20)27-15-13-19-6-2-3-7-21(19)16-27/h2-3,6-7,9-12,17H,4-5,8,13-16H2,1H3,(H,25,28). The van der Waals surface area contributed by atoms with Crippen molar-refractivity contribution in [2.24, 2.45) is 0 Å². The number of carbonyl (C=O) groups excluding carboxylic acids is 1. The molecule has 4 rings (SSSR count). The molecule has 1 amide bonds. The minimum atomic E-state index is 0.00522. The fourth-order valence-electron chi connectivity index (χ4n) is 3.76. The summed E-state index contributed by atoms with van der Waals surface area (Å²) >= 11 is 1.72. The summed E-state index contributed by atoms with van der Waals surface area (Å²) in [6.45, 7) is 4.67. The van der Waals surface area contributed by atoms with Gasteiger partial charge in [-0.25, -0.2) is 4.98 Å². The Bertz CT molecular complexity index is 964. The maximum atomic E-state index is 12.4. The van der Waals surface area contributed by atoms with Gasteiger partial charge >= 0.3 is 0 Å². The SMILES string of the molecule is Cc1csc(CCCCNC(=O)c2ccc(N3CCc4ccccc4C3)cc2)n1. The van der Waals surface area contributed by atoms with Crippen molar-refractivity contribution in [1.29, 1.82) is 0 Å². The number of hydrogen-bond donors (Lipinski definition) is 1. The lowest BCUT2D eigenvalue weighted by Gasteiger charge is -2.30. The van der Waals surface area contributed by atoms with Crippen molar-refractivity contribution >= 4 is 22.9 Å². The predicted octanol–water partition coefficient (Wildman–Crippen LogP) is 4.77. The minimum absolute atomic E-state index is 0.00522. The zero-order chi connectivity index (χ0) is 20.1. The van der Waals surface area contributed by atoms with E-state index in [1.807, 2.05) is 19.1 Å². The quantitative estimate of drug-likeness (QED) is 0.576. The number of aryl methyl sites for hydroxylation is 2. The van der Waals surface area contributed by atoms with E-state index in [2.05, 4.69) is 57.0 Å². The molecule has 2 aromatic carbocycles. The fourth-order valence-corrected chi connectivity index (χ4v) is 4.58. The third-order valence-electron chi connectivity index (χ3n) is 5.39. The Balaban J connectivity index is 1.24. The molecule has 1 aliphatic heterocycles. The zero-order valence-electron chi connectivity index (χ0n) is 16.9. The first-order valence-electron chi connectivity index (χ1n) is 10.3. The Morgan fingerprint density at radius 2 is 1.90 bits per heavy atom. The number of aromatic nitrogens is 1. The smallest absolute Gasteiger partial charge is 0.251 e. The van der Waals surface area contributed by atoms with Crippen LogP contribution >= 0.6 is 11.3 Å². The van der Waals surface area contributed by atoms with E-state index < -0.39 is 0 Å². The van der Waals surface area contributed by atoms with E-state index in [0.717, 1.165) is 50.0 Å². The molecule has 5 heteroatoms. The van der Waals surface area contributed by atoms with Gasteiger partial charge in [0.2, 0.25) is 0 Å². The Morgan fingerprint density at radius 1 is 1.10 bits per heavy atom. The van der Waals surface area contributed by atoms with Gasteiger partial charge in [0.05, 0.1) is 5.01 Å². The second-order valence-electron chi connectivity index (χ2n) is 7.58. The van der Waals surface area contributed by atoms with Gasteiger partial charge in [-0.2, -0.15) is 0 Å². The number of hydrogen-bond acceptors (Lipinski definition) is 4. The normalized spacial score (nSPS) is 13.2. The number of thiazole rings is 1. The molecule has 0 bridgehead atoms. The highest BCUT2D eigenvalue weighted by atomic mass is 32.1. The highest BCUT2D eigenvalue weighted by Crippen LogP contribution is 2.24. The molecule has 0 fully saturated rings. The molecule has 0 saturated carbocycles. The number of benzene rings is 2. The van der Waals surface area contributed by atoms with Crippen LogP contribution in [0.2, 0.25) is 0 Å². The van der Waals surface area contributed by atoms with Crippen molar-refractivity contribution < 1.29 is 4.79 Å². The molecule has 1 aliphatic rings. The number of carbonyl (C=O) groups is 1. The molecule has 150 valence electrons. The van der Waals surface area contributed by atoms with Gasteiger partial charge in [0.25, 0.3) is 5.91 Å². The lowest BCUT2D eigenvalue weighted by Crippen LogP contribution is -2.30. The summed E-state index contributed by atoms with van der Waals surface area (Å²) in [5.74, 6) is 0.00522. The van der Waals surface area contributed by atoms with E-state index >= 15 is 0 Å². The van der Waals surface area contributed by atoms with Crippen LogP contribution in [0.15, 0.2) is 53.9 Å². The number of unbranched alkanes of at least 4 members (excludes halogenated alkanes) is 1. The van der Waals surface area contributed by atoms with E-state index in [1.165, 1.54) is 21.8 Å². The number of nitrogens with one attached hydrogen (secondary N) is 1. The number of fused-ring (bicyclic) bond motifs is 1. The Morgan fingerprint density at radius 3 is 2.66 bits per heavy atom. The zero-order valence-corrected chi connectivity index (χ0v) is 17.7. The molecule has 29 heavy (non-hydrogen) atoms. The van der Waals surface area contributed by atoms with Crippen LogP contribution in [0.25, 0.3) is 0 Å². The first-order chi connectivity index (χ1) is 14.2. The largest absolute Gasteiger partial charge is 0.367 e. The van der Waals surface area contributed by atoms with Crippen LogP contribution < -0.4 is 10.2 Å². The van der Waals surface area contributed by atoms with Crippen molar-refractivity contribution in [3.05, 3.63) is 81.3 Å². The molecule has 4 nitrogen and oxygen atoms in total. The van der Waals surface area contributed by atoms with Gasteiger partial charge in [0.15, 0.2) is 0 Å². The van der Waals surface area contributed by atoms with Crippen LogP contribution in [0.1, 0.15) is 45.0 Å². The van der Waals surface area contributed by atoms with Crippen LogP contribution in [0.5, 0.6) is 0 Å². The van der Waals surface area contributed by atoms with Gasteiger partial charge in [-0.3, -0.25) is 4.79 Å². The fraction of sp³-hybridized carbons (Fsp3) is 0.333. The van der Waals surface area contributed by atoms with Crippen LogP contribution in [0, 0.1) is 6.92 Å². The lowest BCUT2D eigenvalue weighted by molar-refractivity contribution is 0.0953. The third-order valence-corrected chi connectivity index (χ3v) is 6.42. The van der Waals surface area contributed by atoms with Crippen molar-refractivity contribution in [2.45, 2.75) is 39.2 Å². The van der Waals surface area contributed by atoms with Gasteiger partial charge in [-0.05, 0) is 68.0 Å². The molecule has 0 saturated heterocycles. The van der Waals surface area contributed by atoms with Crippen LogP contribution in [-0.2, 0) is 19.4 Å². The van der Waals surface area contributed by atoms with Crippen LogP contribution in [-0.4, -0.2) is 24.0 Å². The third kappa shape index (κ3) is 5.04. The molecule has 0 spiro atoms. The predicted molar refractivity (Wildman–Crippen MR) is 120 cm³/mol. The molecule has 0 atom stereocenters. The monoisotopic (exact) mass is 405 g/mol. The Kier molecular flexibility index (Phi) is 6.25. The van der Waals surface area contributed by atoms with E-state index in [-0.39, 0.29) is 5.91 Å². The summed E-state index contributed by atoms with van der Waals surface area (Å²) < 4.78 is 0. The molecular weight excluding hydrogens is 378 g/mol. The van der Waals surface area contributed by atoms with Crippen molar-refractivity contribution in [3.8, 4) is 0 Å². The summed E-state index contributed by atoms with van der Waals surface area (Å²) in [6, 6.07) is 16.6. The maximum Gasteiger partial charge on any atom is 0.251 e. The van der Waals surface area contributed by atoms with Gasteiger partial charge in [-0.15, -0.1) is 11.3 Å². The number of anilines is 1. The minimum Gasteiger partial charge on any atom is -0.367 e. The topological polar surface area (TPSA) is 45.2 Å². The summed E-state index contributed by atoms with van der Waals surface area (Å²) in [6.07, 6.45) is 4.07. The molecule has 0 aliphatic carbocycles. The average molecular weight is 406 g/mol. The number of nitrogens with zero attached hydrogens (tertiary/aromatic N) is 2. The first-order valence-corrected chi connectivity index (χ1v) is 11.2. The lowest BCUT2D eigenvalue weighted by atomic mass is 9.99. The molecule has 0 radical (unpaired) electrons. The van der Waals surface area contributed by atoms with E-state index in [0.29, 0.717) is 6.54 Å². The van der Waals surface area contributed by atoms with Gasteiger partial charge in [-0.1, -0.05) is 24.3 Å². The number of rotatable bonds is 7. The molecule has 1 N–H and O–H groups in total. The summed E-state index contributed by atoms with van der Waals surface area (Å²) in [7, 11) is 0. The van der Waals surface area contributed by atoms with E-state index in [4.69, 9.17) is 0 Å². The molecule has 0 unspecified atom stereocenters. The van der Waals surface area contributed by atoms with Gasteiger partial charge < -0.3 is 10.2 Å². The van der Waals surface area contributed by atoms with Gasteiger partial charge in [0, 0.05) is 42.0 Å². The Hall–Kier alpha value is -2.66. The van der Waals surface area contributed by atoms with Gasteiger partial charge in [0.1, 0.15) is 0 Å². The van der Waals surface area contributed by atoms with Crippen molar-refractivity contribution in [1.82, 2.24) is 10.3 Å². The number of amides is 1. The summed E-state index contributed by atoms with van der Waals surface area (Å²) in [5.41, 5.74) is 5.84. The van der Waals surface area contributed by atoms with Crippen LogP contribution in [0.4, 0.5) is 5.69 Å². The second-order valence-corrected chi connectivity index (χ2v) is 8.53. The van der Waals surface area contributed by atoms with E-state index in [1.54, 1.807) is 11.3 Å². The summed E-state index contributed by atoms with van der Waals surface area (Å²) in [4.78, 5) is 19.3. The molecule has 2 heterocycles. The van der Waals surface area contributed by atoms with Crippen molar-refractivity contribution in [3.63, 3.8) is 0 Å². The molecule has 1 aromatic heterocycles. The first kappa shape index (κ1) is 19.6.